The Morgan fingerprint density at radius 1 is 1.61 bits per heavy atom. The number of nitrogens with zero attached hydrogens (tertiary/aromatic N) is 2. The molecule has 0 amide bonds. The molecule has 0 aliphatic carbocycles. The van der Waals surface area contributed by atoms with Crippen molar-refractivity contribution in [2.24, 2.45) is 5.92 Å². The van der Waals surface area contributed by atoms with Crippen LogP contribution in [0.1, 0.15) is 19.6 Å². The normalized spacial score (nSPS) is 31.7. The fourth-order valence-electron chi connectivity index (χ4n) is 2.32. The molecule has 0 bridgehead atoms. The standard InChI is InChI=1S/C11H17N3O4/c1-2-6-7(5-15)18-10(9(6)16)14-4-3-8(12)13-11(14)17/h3-4,6-7,9-10,15-16H,2,5H2,1H3,(H2,12,13,17)/t6-,7-,9-,10-/m1/s1. The van der Waals surface area contributed by atoms with E-state index in [-0.39, 0.29) is 18.3 Å². The van der Waals surface area contributed by atoms with Crippen LogP contribution in [0, 0.1) is 5.92 Å². The lowest BCUT2D eigenvalue weighted by molar-refractivity contribution is -0.0534. The van der Waals surface area contributed by atoms with Crippen molar-refractivity contribution >= 4 is 5.82 Å². The van der Waals surface area contributed by atoms with Crippen LogP contribution in [0.4, 0.5) is 5.82 Å². The number of nitrogen functional groups attached to an aromatic ring is 1. The van der Waals surface area contributed by atoms with E-state index in [0.29, 0.717) is 6.42 Å². The van der Waals surface area contributed by atoms with E-state index in [1.54, 1.807) is 0 Å². The third-order valence-corrected chi connectivity index (χ3v) is 3.30. The number of aliphatic hydroxyl groups is 2. The quantitative estimate of drug-likeness (QED) is 0.645. The van der Waals surface area contributed by atoms with Crippen molar-refractivity contribution in [1.29, 1.82) is 0 Å². The van der Waals surface area contributed by atoms with Gasteiger partial charge in [-0.25, -0.2) is 4.79 Å². The Bertz CT molecular complexity index is 476. The van der Waals surface area contributed by atoms with Gasteiger partial charge >= 0.3 is 5.69 Å². The van der Waals surface area contributed by atoms with Gasteiger partial charge in [0.15, 0.2) is 6.23 Å². The number of nitrogens with two attached hydrogens (primary N) is 1. The Morgan fingerprint density at radius 2 is 2.33 bits per heavy atom. The van der Waals surface area contributed by atoms with Gasteiger partial charge in [0.1, 0.15) is 11.9 Å². The zero-order valence-corrected chi connectivity index (χ0v) is 10.1. The SMILES string of the molecule is CC[C@H]1[C@@H](O)[C@H](n2ccc(N)nc2=O)O[C@@H]1CO. The number of anilines is 1. The lowest BCUT2D eigenvalue weighted by Gasteiger charge is -2.18. The van der Waals surface area contributed by atoms with Gasteiger partial charge in [0.05, 0.1) is 12.7 Å². The third-order valence-electron chi connectivity index (χ3n) is 3.30. The van der Waals surface area contributed by atoms with Gasteiger partial charge in [0.2, 0.25) is 0 Å². The number of hydrogen-bond acceptors (Lipinski definition) is 6. The molecule has 18 heavy (non-hydrogen) atoms. The van der Waals surface area contributed by atoms with Crippen molar-refractivity contribution in [1.82, 2.24) is 9.55 Å². The van der Waals surface area contributed by atoms with E-state index in [0.717, 1.165) is 0 Å². The molecule has 4 N–H and O–H groups in total. The predicted octanol–water partition coefficient (Wildman–Crippen LogP) is -0.898. The minimum atomic E-state index is -0.852. The van der Waals surface area contributed by atoms with Crippen molar-refractivity contribution in [3.63, 3.8) is 0 Å². The maximum absolute atomic E-state index is 11.7. The molecule has 1 aromatic heterocycles. The molecule has 1 aliphatic heterocycles. The zero-order valence-electron chi connectivity index (χ0n) is 10.1. The van der Waals surface area contributed by atoms with Gasteiger partial charge in [-0.1, -0.05) is 6.92 Å². The highest BCUT2D eigenvalue weighted by Crippen LogP contribution is 2.34. The molecule has 7 heteroatoms. The molecule has 0 radical (unpaired) electrons. The first kappa shape index (κ1) is 13.0. The highest BCUT2D eigenvalue weighted by molar-refractivity contribution is 5.23. The molecule has 2 rings (SSSR count). The summed E-state index contributed by atoms with van der Waals surface area (Å²) in [6.07, 6.45) is -0.0622. The van der Waals surface area contributed by atoms with E-state index >= 15 is 0 Å². The molecule has 0 spiro atoms. The molecular formula is C11H17N3O4. The molecule has 0 unspecified atom stereocenters. The fraction of sp³-hybridized carbons (Fsp3) is 0.636. The van der Waals surface area contributed by atoms with E-state index in [1.807, 2.05) is 6.92 Å². The summed E-state index contributed by atoms with van der Waals surface area (Å²) in [5.74, 6) is -0.0843. The van der Waals surface area contributed by atoms with Crippen LogP contribution < -0.4 is 11.4 Å². The lowest BCUT2D eigenvalue weighted by atomic mass is 9.95. The molecule has 0 saturated carbocycles. The Labute approximate surface area is 104 Å². The first-order valence-electron chi connectivity index (χ1n) is 5.87. The number of rotatable bonds is 3. The largest absolute Gasteiger partial charge is 0.394 e. The monoisotopic (exact) mass is 255 g/mol. The predicted molar refractivity (Wildman–Crippen MR) is 63.7 cm³/mol. The first-order chi connectivity index (χ1) is 8.58. The van der Waals surface area contributed by atoms with Crippen LogP contribution in [0.5, 0.6) is 0 Å². The van der Waals surface area contributed by atoms with Gasteiger partial charge in [-0.05, 0) is 12.5 Å². The zero-order chi connectivity index (χ0) is 13.3. The fourth-order valence-corrected chi connectivity index (χ4v) is 2.32. The van der Waals surface area contributed by atoms with Gasteiger partial charge < -0.3 is 20.7 Å². The summed E-state index contributed by atoms with van der Waals surface area (Å²) in [4.78, 5) is 15.3. The molecule has 1 aliphatic rings. The summed E-state index contributed by atoms with van der Waals surface area (Å²) in [7, 11) is 0. The smallest absolute Gasteiger partial charge is 0.351 e. The van der Waals surface area contributed by atoms with Crippen molar-refractivity contribution in [3.05, 3.63) is 22.7 Å². The molecule has 100 valence electrons. The van der Waals surface area contributed by atoms with E-state index < -0.39 is 24.1 Å². The maximum atomic E-state index is 11.7. The van der Waals surface area contributed by atoms with Gasteiger partial charge in [-0.2, -0.15) is 4.98 Å². The summed E-state index contributed by atoms with van der Waals surface area (Å²) < 4.78 is 6.71. The van der Waals surface area contributed by atoms with Crippen LogP contribution in [0.15, 0.2) is 17.1 Å². The molecule has 1 aromatic rings. The minimum Gasteiger partial charge on any atom is -0.394 e. The van der Waals surface area contributed by atoms with E-state index in [1.165, 1.54) is 16.8 Å². The summed E-state index contributed by atoms with van der Waals surface area (Å²) in [5, 5.41) is 19.3. The van der Waals surface area contributed by atoms with E-state index in [9.17, 15) is 15.0 Å². The van der Waals surface area contributed by atoms with Gasteiger partial charge in [-0.3, -0.25) is 4.57 Å². The van der Waals surface area contributed by atoms with Crippen molar-refractivity contribution in [3.8, 4) is 0 Å². The van der Waals surface area contributed by atoms with Crippen LogP contribution >= 0.6 is 0 Å². The van der Waals surface area contributed by atoms with Crippen molar-refractivity contribution in [2.45, 2.75) is 31.8 Å². The average Bonchev–Trinajstić information content (AvgIpc) is 2.66. The Hall–Kier alpha value is -1.44. The van der Waals surface area contributed by atoms with Crippen LogP contribution in [0.3, 0.4) is 0 Å². The first-order valence-corrected chi connectivity index (χ1v) is 5.87. The second-order valence-corrected chi connectivity index (χ2v) is 4.35. The van der Waals surface area contributed by atoms with Crippen LogP contribution in [-0.2, 0) is 4.74 Å². The number of ether oxygens (including phenoxy) is 1. The second-order valence-electron chi connectivity index (χ2n) is 4.35. The Balaban J connectivity index is 2.32. The van der Waals surface area contributed by atoms with Gasteiger partial charge in [-0.15, -0.1) is 0 Å². The van der Waals surface area contributed by atoms with Gasteiger partial charge in [0, 0.05) is 12.1 Å². The van der Waals surface area contributed by atoms with Crippen LogP contribution in [-0.4, -0.2) is 38.6 Å². The molecule has 0 aromatic carbocycles. The molecular weight excluding hydrogens is 238 g/mol. The van der Waals surface area contributed by atoms with Crippen LogP contribution in [0.25, 0.3) is 0 Å². The summed E-state index contributed by atoms with van der Waals surface area (Å²) in [6, 6.07) is 1.46. The van der Waals surface area contributed by atoms with E-state index in [2.05, 4.69) is 4.98 Å². The molecule has 7 nitrogen and oxygen atoms in total. The highest BCUT2D eigenvalue weighted by Gasteiger charge is 2.43. The second kappa shape index (κ2) is 5.05. The average molecular weight is 255 g/mol. The third kappa shape index (κ3) is 2.12. The lowest BCUT2D eigenvalue weighted by Crippen LogP contribution is -2.33. The van der Waals surface area contributed by atoms with Crippen molar-refractivity contribution in [2.75, 3.05) is 12.3 Å². The van der Waals surface area contributed by atoms with Crippen LogP contribution in [0.2, 0.25) is 0 Å². The minimum absolute atomic E-state index is 0.120. The topological polar surface area (TPSA) is 111 Å². The Morgan fingerprint density at radius 3 is 2.83 bits per heavy atom. The summed E-state index contributed by atoms with van der Waals surface area (Å²) in [5.41, 5.74) is 4.82. The Kier molecular flexibility index (Phi) is 3.65. The molecule has 1 fully saturated rings. The van der Waals surface area contributed by atoms with E-state index in [4.69, 9.17) is 10.5 Å². The van der Waals surface area contributed by atoms with Crippen molar-refractivity contribution < 1.29 is 14.9 Å². The number of aliphatic hydroxyl groups excluding tert-OH is 2. The molecule has 1 saturated heterocycles. The molecule has 4 atom stereocenters. The number of hydrogen-bond donors (Lipinski definition) is 3. The number of aromatic nitrogens is 2. The summed E-state index contributed by atoms with van der Waals surface area (Å²) >= 11 is 0. The van der Waals surface area contributed by atoms with Gasteiger partial charge in [0.25, 0.3) is 0 Å². The highest BCUT2D eigenvalue weighted by atomic mass is 16.5. The summed E-state index contributed by atoms with van der Waals surface area (Å²) in [6.45, 7) is 1.70. The maximum Gasteiger partial charge on any atom is 0.351 e. The molecule has 2 heterocycles.